The van der Waals surface area contributed by atoms with Crippen LogP contribution in [0.15, 0.2) is 78.9 Å². The Morgan fingerprint density at radius 3 is 2.30 bits per heavy atom. The minimum atomic E-state index is 0.461. The number of benzene rings is 3. The highest BCUT2D eigenvalue weighted by molar-refractivity contribution is 6.33. The molecule has 1 unspecified atom stereocenters. The van der Waals surface area contributed by atoms with Gasteiger partial charge in [0.2, 0.25) is 0 Å². The third kappa shape index (κ3) is 4.24. The van der Waals surface area contributed by atoms with E-state index in [4.69, 9.17) is 11.6 Å². The topological polar surface area (TPSA) is 6.48 Å². The van der Waals surface area contributed by atoms with Gasteiger partial charge in [0, 0.05) is 42.8 Å². The molecule has 1 aliphatic heterocycles. The van der Waals surface area contributed by atoms with Gasteiger partial charge in [0.05, 0.1) is 0 Å². The third-order valence-corrected chi connectivity index (χ3v) is 5.79. The van der Waals surface area contributed by atoms with E-state index in [1.54, 1.807) is 0 Å². The smallest absolute Gasteiger partial charge is 0.0484 e. The van der Waals surface area contributed by atoms with Crippen LogP contribution in [0.4, 0.5) is 0 Å². The average Bonchev–Trinajstić information content (AvgIpc) is 2.71. The van der Waals surface area contributed by atoms with Crippen molar-refractivity contribution >= 4 is 11.6 Å². The maximum Gasteiger partial charge on any atom is 0.0484 e. The summed E-state index contributed by atoms with van der Waals surface area (Å²) in [7, 11) is 2.23. The van der Waals surface area contributed by atoms with Crippen LogP contribution in [0.1, 0.15) is 17.2 Å². The molecular weight excluding hydrogens is 352 g/mol. The number of hydrogen-bond donors (Lipinski definition) is 0. The molecule has 27 heavy (non-hydrogen) atoms. The number of halogens is 1. The lowest BCUT2D eigenvalue weighted by Crippen LogP contribution is -2.46. The molecular formula is C24H25ClN2. The van der Waals surface area contributed by atoms with Crippen LogP contribution < -0.4 is 0 Å². The Kier molecular flexibility index (Phi) is 5.58. The lowest BCUT2D eigenvalue weighted by molar-refractivity contribution is 0.0905. The SMILES string of the molecule is CN1CCN(Cc2ccc(-c3ccccc3Cl)cc2)CC1c1ccccc1. The van der Waals surface area contributed by atoms with Crippen LogP contribution >= 0.6 is 11.6 Å². The van der Waals surface area contributed by atoms with E-state index in [2.05, 4.69) is 77.5 Å². The van der Waals surface area contributed by atoms with Crippen LogP contribution in [0.5, 0.6) is 0 Å². The van der Waals surface area contributed by atoms with Crippen molar-refractivity contribution < 1.29 is 0 Å². The molecule has 1 aliphatic rings. The van der Waals surface area contributed by atoms with Crippen molar-refractivity contribution in [3.63, 3.8) is 0 Å². The van der Waals surface area contributed by atoms with Crippen molar-refractivity contribution in [1.29, 1.82) is 0 Å². The minimum absolute atomic E-state index is 0.461. The first-order valence-electron chi connectivity index (χ1n) is 9.52. The van der Waals surface area contributed by atoms with Crippen LogP contribution in [0, 0.1) is 0 Å². The quantitative estimate of drug-likeness (QED) is 0.593. The second kappa shape index (κ2) is 8.26. The lowest BCUT2D eigenvalue weighted by Gasteiger charge is -2.39. The molecule has 0 radical (unpaired) electrons. The van der Waals surface area contributed by atoms with Gasteiger partial charge in [-0.1, -0.05) is 84.4 Å². The Morgan fingerprint density at radius 1 is 0.852 bits per heavy atom. The maximum atomic E-state index is 6.33. The zero-order chi connectivity index (χ0) is 18.6. The molecule has 3 aromatic rings. The Balaban J connectivity index is 1.45. The van der Waals surface area contributed by atoms with Crippen molar-refractivity contribution in [3.05, 3.63) is 95.0 Å². The Morgan fingerprint density at radius 2 is 1.56 bits per heavy atom. The predicted molar refractivity (Wildman–Crippen MR) is 114 cm³/mol. The first kappa shape index (κ1) is 18.2. The fourth-order valence-corrected chi connectivity index (χ4v) is 4.10. The molecule has 4 rings (SSSR count). The van der Waals surface area contributed by atoms with E-state index in [-0.39, 0.29) is 0 Å². The van der Waals surface area contributed by atoms with Crippen molar-refractivity contribution in [1.82, 2.24) is 9.80 Å². The van der Waals surface area contributed by atoms with Crippen LogP contribution in [0.3, 0.4) is 0 Å². The zero-order valence-electron chi connectivity index (χ0n) is 15.7. The van der Waals surface area contributed by atoms with Crippen molar-refractivity contribution in [2.45, 2.75) is 12.6 Å². The number of piperazine rings is 1. The molecule has 0 N–H and O–H groups in total. The fourth-order valence-electron chi connectivity index (χ4n) is 3.85. The summed E-state index contributed by atoms with van der Waals surface area (Å²) in [4.78, 5) is 5.02. The number of nitrogens with zero attached hydrogens (tertiary/aromatic N) is 2. The van der Waals surface area contributed by atoms with Crippen molar-refractivity contribution in [2.75, 3.05) is 26.7 Å². The molecule has 3 aromatic carbocycles. The van der Waals surface area contributed by atoms with Crippen LogP contribution in [-0.2, 0) is 6.54 Å². The fraction of sp³-hybridized carbons (Fsp3) is 0.250. The largest absolute Gasteiger partial charge is 0.297 e. The second-order valence-corrected chi connectivity index (χ2v) is 7.73. The van der Waals surface area contributed by atoms with Gasteiger partial charge in [-0.2, -0.15) is 0 Å². The van der Waals surface area contributed by atoms with Crippen molar-refractivity contribution in [3.8, 4) is 11.1 Å². The highest BCUT2D eigenvalue weighted by atomic mass is 35.5. The summed E-state index contributed by atoms with van der Waals surface area (Å²) < 4.78 is 0. The van der Waals surface area contributed by atoms with Crippen molar-refractivity contribution in [2.24, 2.45) is 0 Å². The van der Waals surface area contributed by atoms with E-state index in [0.29, 0.717) is 6.04 Å². The summed E-state index contributed by atoms with van der Waals surface area (Å²) in [6.07, 6.45) is 0. The van der Waals surface area contributed by atoms with E-state index in [1.807, 2.05) is 18.2 Å². The molecule has 0 saturated carbocycles. The molecule has 1 fully saturated rings. The average molecular weight is 377 g/mol. The lowest BCUT2D eigenvalue weighted by atomic mass is 10.0. The minimum Gasteiger partial charge on any atom is -0.297 e. The first-order valence-corrected chi connectivity index (χ1v) is 9.90. The Labute approximate surface area is 167 Å². The number of rotatable bonds is 4. The molecule has 0 amide bonds. The van der Waals surface area contributed by atoms with Gasteiger partial charge in [-0.25, -0.2) is 0 Å². The molecule has 0 spiro atoms. The van der Waals surface area contributed by atoms with Gasteiger partial charge in [-0.15, -0.1) is 0 Å². The van der Waals surface area contributed by atoms with E-state index in [1.165, 1.54) is 16.7 Å². The Bertz CT molecular complexity index is 876. The number of likely N-dealkylation sites (N-methyl/N-ethyl adjacent to an activating group) is 1. The van der Waals surface area contributed by atoms with Gasteiger partial charge in [0.15, 0.2) is 0 Å². The van der Waals surface area contributed by atoms with Crippen LogP contribution in [0.25, 0.3) is 11.1 Å². The standard InChI is InChI=1S/C24H25ClN2/c1-26-15-16-27(18-24(26)21-7-3-2-4-8-21)17-19-11-13-20(14-12-19)22-9-5-6-10-23(22)25/h2-14,24H,15-18H2,1H3. The number of hydrogen-bond acceptors (Lipinski definition) is 2. The molecule has 1 heterocycles. The highest BCUT2D eigenvalue weighted by Crippen LogP contribution is 2.28. The molecule has 138 valence electrons. The zero-order valence-corrected chi connectivity index (χ0v) is 16.4. The van der Waals surface area contributed by atoms with Crippen LogP contribution in [-0.4, -0.2) is 36.5 Å². The third-order valence-electron chi connectivity index (χ3n) is 5.46. The monoisotopic (exact) mass is 376 g/mol. The van der Waals surface area contributed by atoms with E-state index in [9.17, 15) is 0 Å². The van der Waals surface area contributed by atoms with E-state index in [0.717, 1.165) is 36.8 Å². The summed E-state index contributed by atoms with van der Waals surface area (Å²) in [6.45, 7) is 4.25. The van der Waals surface area contributed by atoms with Gasteiger partial charge in [-0.05, 0) is 29.8 Å². The van der Waals surface area contributed by atoms with Crippen LogP contribution in [0.2, 0.25) is 5.02 Å². The van der Waals surface area contributed by atoms with Gasteiger partial charge >= 0.3 is 0 Å². The molecule has 3 heteroatoms. The van der Waals surface area contributed by atoms with E-state index >= 15 is 0 Å². The normalized spacial score (nSPS) is 18.5. The van der Waals surface area contributed by atoms with Gasteiger partial charge in [0.1, 0.15) is 0 Å². The van der Waals surface area contributed by atoms with Gasteiger partial charge in [-0.3, -0.25) is 9.80 Å². The summed E-state index contributed by atoms with van der Waals surface area (Å²) >= 11 is 6.33. The second-order valence-electron chi connectivity index (χ2n) is 7.32. The molecule has 0 aliphatic carbocycles. The predicted octanol–water partition coefficient (Wildman–Crippen LogP) is 5.50. The van der Waals surface area contributed by atoms with E-state index < -0.39 is 0 Å². The molecule has 1 atom stereocenters. The van der Waals surface area contributed by atoms with Gasteiger partial charge < -0.3 is 0 Å². The Hall–Kier alpha value is -2.13. The molecule has 0 aromatic heterocycles. The highest BCUT2D eigenvalue weighted by Gasteiger charge is 2.25. The molecule has 2 nitrogen and oxygen atoms in total. The first-order chi connectivity index (χ1) is 13.2. The molecule has 0 bridgehead atoms. The van der Waals surface area contributed by atoms with Gasteiger partial charge in [0.25, 0.3) is 0 Å². The maximum absolute atomic E-state index is 6.33. The summed E-state index contributed by atoms with van der Waals surface area (Å²) in [5.41, 5.74) is 5.01. The molecule has 1 saturated heterocycles. The summed E-state index contributed by atoms with van der Waals surface area (Å²) in [5.74, 6) is 0. The summed E-state index contributed by atoms with van der Waals surface area (Å²) in [5, 5.41) is 0.801. The summed E-state index contributed by atoms with van der Waals surface area (Å²) in [6, 6.07) is 28.1.